The molecule has 0 atom stereocenters. The molecule has 0 spiro atoms. The Kier molecular flexibility index (Phi) is 3.97. The highest BCUT2D eigenvalue weighted by atomic mass is 16.5. The molecule has 0 aliphatic rings. The van der Waals surface area contributed by atoms with Crippen molar-refractivity contribution in [3.63, 3.8) is 0 Å². The van der Waals surface area contributed by atoms with E-state index >= 15 is 0 Å². The molecular formula is C4H10N2O2. The standard InChI is InChI=1S/C4H10N2O2/c1-5-4(7)6-3-8-2/h3H2,1-2H3,(H2,5,6,7). The van der Waals surface area contributed by atoms with Crippen LogP contribution in [0.1, 0.15) is 0 Å². The number of carbonyl (C=O) groups excluding carboxylic acids is 1. The maximum Gasteiger partial charge on any atom is 0.316 e. The Morgan fingerprint density at radius 3 is 2.75 bits per heavy atom. The molecule has 0 heterocycles. The van der Waals surface area contributed by atoms with Crippen LogP contribution >= 0.6 is 0 Å². The van der Waals surface area contributed by atoms with Crippen molar-refractivity contribution in [2.24, 2.45) is 0 Å². The van der Waals surface area contributed by atoms with Crippen molar-refractivity contribution >= 4 is 6.03 Å². The molecule has 0 aromatic carbocycles. The van der Waals surface area contributed by atoms with Crippen molar-refractivity contribution in [2.75, 3.05) is 20.9 Å². The summed E-state index contributed by atoms with van der Waals surface area (Å²) in [6.45, 7) is 0.250. The lowest BCUT2D eigenvalue weighted by Gasteiger charge is -1.99. The lowest BCUT2D eigenvalue weighted by molar-refractivity contribution is 0.173. The van der Waals surface area contributed by atoms with Crippen LogP contribution in [-0.2, 0) is 4.74 Å². The second kappa shape index (κ2) is 4.39. The smallest absolute Gasteiger partial charge is 0.316 e. The van der Waals surface area contributed by atoms with Crippen LogP contribution in [0.25, 0.3) is 0 Å². The van der Waals surface area contributed by atoms with Gasteiger partial charge in [-0.3, -0.25) is 0 Å². The van der Waals surface area contributed by atoms with Crippen LogP contribution in [0.15, 0.2) is 0 Å². The van der Waals surface area contributed by atoms with Gasteiger partial charge in [0.15, 0.2) is 0 Å². The fourth-order valence-corrected chi connectivity index (χ4v) is 0.226. The zero-order valence-corrected chi connectivity index (χ0v) is 5.02. The Morgan fingerprint density at radius 2 is 2.38 bits per heavy atom. The fraction of sp³-hybridized carbons (Fsp3) is 0.750. The molecule has 8 heavy (non-hydrogen) atoms. The van der Waals surface area contributed by atoms with E-state index in [2.05, 4.69) is 15.4 Å². The van der Waals surface area contributed by atoms with E-state index in [4.69, 9.17) is 0 Å². The molecule has 0 aromatic heterocycles. The van der Waals surface area contributed by atoms with E-state index in [1.165, 1.54) is 7.11 Å². The molecule has 2 N–H and O–H groups in total. The molecule has 0 bridgehead atoms. The summed E-state index contributed by atoms with van der Waals surface area (Å²) < 4.78 is 4.54. The third kappa shape index (κ3) is 3.42. The van der Waals surface area contributed by atoms with Gasteiger partial charge in [-0.1, -0.05) is 0 Å². The first-order chi connectivity index (χ1) is 3.81. The van der Waals surface area contributed by atoms with E-state index in [0.29, 0.717) is 0 Å². The largest absolute Gasteiger partial charge is 0.364 e. The molecule has 0 saturated heterocycles. The minimum Gasteiger partial charge on any atom is -0.364 e. The van der Waals surface area contributed by atoms with Gasteiger partial charge in [-0.25, -0.2) is 4.79 Å². The van der Waals surface area contributed by atoms with Gasteiger partial charge in [0.1, 0.15) is 6.73 Å². The number of amides is 2. The van der Waals surface area contributed by atoms with Crippen molar-refractivity contribution in [1.29, 1.82) is 0 Å². The summed E-state index contributed by atoms with van der Waals surface area (Å²) in [5, 5.41) is 4.78. The van der Waals surface area contributed by atoms with Gasteiger partial charge in [0.25, 0.3) is 0 Å². The zero-order valence-electron chi connectivity index (χ0n) is 5.02. The summed E-state index contributed by atoms with van der Waals surface area (Å²) in [7, 11) is 3.06. The highest BCUT2D eigenvalue weighted by molar-refractivity contribution is 5.73. The number of urea groups is 1. The Morgan fingerprint density at radius 1 is 1.75 bits per heavy atom. The quantitative estimate of drug-likeness (QED) is 0.481. The van der Waals surface area contributed by atoms with E-state index in [-0.39, 0.29) is 12.8 Å². The van der Waals surface area contributed by atoms with E-state index in [9.17, 15) is 4.79 Å². The maximum absolute atomic E-state index is 10.3. The minimum absolute atomic E-state index is 0.230. The van der Waals surface area contributed by atoms with Gasteiger partial charge in [-0.2, -0.15) is 0 Å². The second-order valence-corrected chi connectivity index (χ2v) is 1.19. The van der Waals surface area contributed by atoms with Crippen LogP contribution < -0.4 is 10.6 Å². The minimum atomic E-state index is -0.230. The summed E-state index contributed by atoms with van der Waals surface area (Å²) in [4.78, 5) is 10.3. The van der Waals surface area contributed by atoms with Gasteiger partial charge in [-0.15, -0.1) is 0 Å². The van der Waals surface area contributed by atoms with Gasteiger partial charge in [0.2, 0.25) is 0 Å². The lowest BCUT2D eigenvalue weighted by Crippen LogP contribution is -2.33. The van der Waals surface area contributed by atoms with Crippen LogP contribution in [0.3, 0.4) is 0 Å². The van der Waals surface area contributed by atoms with Gasteiger partial charge in [0, 0.05) is 14.2 Å². The summed E-state index contributed by atoms with van der Waals surface area (Å²) in [5.41, 5.74) is 0. The average molecular weight is 118 g/mol. The summed E-state index contributed by atoms with van der Waals surface area (Å²) in [6.07, 6.45) is 0. The molecule has 0 saturated carbocycles. The molecule has 4 nitrogen and oxygen atoms in total. The Hall–Kier alpha value is -0.770. The highest BCUT2D eigenvalue weighted by Gasteiger charge is 1.89. The van der Waals surface area contributed by atoms with Crippen LogP contribution in [0.4, 0.5) is 4.79 Å². The molecule has 0 aliphatic carbocycles. The molecule has 2 amide bonds. The fourth-order valence-electron chi connectivity index (χ4n) is 0.226. The van der Waals surface area contributed by atoms with Crippen LogP contribution in [0.2, 0.25) is 0 Å². The highest BCUT2D eigenvalue weighted by Crippen LogP contribution is 1.60. The first-order valence-electron chi connectivity index (χ1n) is 2.25. The molecule has 48 valence electrons. The SMILES string of the molecule is CNC(=O)NCOC. The van der Waals surface area contributed by atoms with E-state index in [1.807, 2.05) is 0 Å². The summed E-state index contributed by atoms with van der Waals surface area (Å²) in [5.74, 6) is 0. The summed E-state index contributed by atoms with van der Waals surface area (Å²) >= 11 is 0. The lowest BCUT2D eigenvalue weighted by atomic mass is 10.9. The molecule has 0 radical (unpaired) electrons. The predicted molar refractivity (Wildman–Crippen MR) is 29.5 cm³/mol. The van der Waals surface area contributed by atoms with Gasteiger partial charge in [0.05, 0.1) is 0 Å². The number of nitrogens with one attached hydrogen (secondary N) is 2. The maximum atomic E-state index is 10.3. The molecule has 0 aliphatic heterocycles. The van der Waals surface area contributed by atoms with Crippen molar-refractivity contribution < 1.29 is 9.53 Å². The molecule has 0 rings (SSSR count). The topological polar surface area (TPSA) is 50.4 Å². The molecule has 0 aromatic rings. The molecule has 0 unspecified atom stereocenters. The monoisotopic (exact) mass is 118 g/mol. The van der Waals surface area contributed by atoms with Crippen molar-refractivity contribution in [1.82, 2.24) is 10.6 Å². The Bertz CT molecular complexity index is 74.4. The van der Waals surface area contributed by atoms with Crippen LogP contribution in [0, 0.1) is 0 Å². The Labute approximate surface area is 48.2 Å². The molecular weight excluding hydrogens is 108 g/mol. The number of hydrogen-bond acceptors (Lipinski definition) is 2. The Balaban J connectivity index is 2.99. The third-order valence-corrected chi connectivity index (χ3v) is 0.604. The van der Waals surface area contributed by atoms with Gasteiger partial charge >= 0.3 is 6.03 Å². The number of carbonyl (C=O) groups is 1. The first-order valence-corrected chi connectivity index (χ1v) is 2.25. The van der Waals surface area contributed by atoms with E-state index in [0.717, 1.165) is 0 Å². The zero-order chi connectivity index (χ0) is 6.41. The summed E-state index contributed by atoms with van der Waals surface area (Å²) in [6, 6.07) is -0.230. The van der Waals surface area contributed by atoms with E-state index in [1.54, 1.807) is 7.05 Å². The number of ether oxygens (including phenoxy) is 1. The number of methoxy groups -OCH3 is 1. The first kappa shape index (κ1) is 7.23. The molecule has 0 fully saturated rings. The number of rotatable bonds is 2. The van der Waals surface area contributed by atoms with Crippen LogP contribution in [-0.4, -0.2) is 26.9 Å². The molecule has 4 heteroatoms. The number of hydrogen-bond donors (Lipinski definition) is 2. The second-order valence-electron chi connectivity index (χ2n) is 1.19. The normalized spacial score (nSPS) is 8.25. The predicted octanol–water partition coefficient (Wildman–Crippen LogP) is -0.481. The average Bonchev–Trinajstić information content (AvgIpc) is 1.83. The van der Waals surface area contributed by atoms with Crippen molar-refractivity contribution in [3.05, 3.63) is 0 Å². The van der Waals surface area contributed by atoms with E-state index < -0.39 is 0 Å². The van der Waals surface area contributed by atoms with Crippen LogP contribution in [0.5, 0.6) is 0 Å². The third-order valence-electron chi connectivity index (χ3n) is 0.604. The van der Waals surface area contributed by atoms with Gasteiger partial charge in [-0.05, 0) is 0 Å². The van der Waals surface area contributed by atoms with Crippen molar-refractivity contribution in [3.8, 4) is 0 Å². The van der Waals surface area contributed by atoms with Gasteiger partial charge < -0.3 is 15.4 Å². The van der Waals surface area contributed by atoms with Crippen molar-refractivity contribution in [2.45, 2.75) is 0 Å².